The highest BCUT2D eigenvalue weighted by Gasteiger charge is 2.15. The van der Waals surface area contributed by atoms with Gasteiger partial charge in [0, 0.05) is 10.9 Å². The number of nitrogens with zero attached hydrogens (tertiary/aromatic N) is 2. The van der Waals surface area contributed by atoms with Crippen LogP contribution in [0.25, 0.3) is 21.3 Å². The number of hydrogen-bond acceptors (Lipinski definition) is 5. The van der Waals surface area contributed by atoms with Gasteiger partial charge in [0.1, 0.15) is 17.1 Å². The van der Waals surface area contributed by atoms with Crippen molar-refractivity contribution in [2.24, 2.45) is 0 Å². The zero-order chi connectivity index (χ0) is 19.7. The fraction of sp³-hybridized carbons (Fsp3) is 0.190. The van der Waals surface area contributed by atoms with Gasteiger partial charge in [0.15, 0.2) is 0 Å². The van der Waals surface area contributed by atoms with E-state index < -0.39 is 0 Å². The summed E-state index contributed by atoms with van der Waals surface area (Å²) < 4.78 is 6.54. The lowest BCUT2D eigenvalue weighted by Crippen LogP contribution is -2.32. The summed E-state index contributed by atoms with van der Waals surface area (Å²) in [6.45, 7) is 4.29. The van der Waals surface area contributed by atoms with E-state index in [0.717, 1.165) is 11.1 Å². The lowest BCUT2D eigenvalue weighted by Gasteiger charge is -2.08. The molecule has 3 heterocycles. The topological polar surface area (TPSA) is 77.1 Å². The first-order chi connectivity index (χ1) is 13.5. The van der Waals surface area contributed by atoms with E-state index in [2.05, 4.69) is 23.3 Å². The SMILES string of the molecule is Cc1ccc(-c2csc3ncn(CC(=O)NCc4ccco4)c(=O)c23)cc1C. The van der Waals surface area contributed by atoms with Crippen molar-refractivity contribution in [2.45, 2.75) is 26.9 Å². The van der Waals surface area contributed by atoms with Crippen molar-refractivity contribution in [3.63, 3.8) is 0 Å². The molecule has 0 fully saturated rings. The monoisotopic (exact) mass is 393 g/mol. The molecule has 0 spiro atoms. The van der Waals surface area contributed by atoms with E-state index in [4.69, 9.17) is 4.42 Å². The van der Waals surface area contributed by atoms with E-state index in [1.807, 2.05) is 24.4 Å². The third-order valence-corrected chi connectivity index (χ3v) is 5.62. The van der Waals surface area contributed by atoms with E-state index in [9.17, 15) is 9.59 Å². The molecule has 0 saturated carbocycles. The minimum Gasteiger partial charge on any atom is -0.467 e. The van der Waals surface area contributed by atoms with E-state index in [1.54, 1.807) is 18.4 Å². The third-order valence-electron chi connectivity index (χ3n) is 4.73. The van der Waals surface area contributed by atoms with Crippen molar-refractivity contribution < 1.29 is 9.21 Å². The average Bonchev–Trinajstić information content (AvgIpc) is 3.34. The molecule has 0 saturated heterocycles. The Kier molecular flexibility index (Phi) is 4.83. The molecule has 0 aliphatic carbocycles. The number of carbonyl (C=O) groups is 1. The first kappa shape index (κ1) is 18.2. The molecule has 0 aliphatic rings. The number of hydrogen-bond donors (Lipinski definition) is 1. The molecule has 0 aliphatic heterocycles. The van der Waals surface area contributed by atoms with Crippen LogP contribution in [0.5, 0.6) is 0 Å². The summed E-state index contributed by atoms with van der Waals surface area (Å²) in [5.74, 6) is 0.381. The van der Waals surface area contributed by atoms with Crippen LogP contribution in [0.15, 0.2) is 57.5 Å². The van der Waals surface area contributed by atoms with Crippen LogP contribution < -0.4 is 10.9 Å². The smallest absolute Gasteiger partial charge is 0.263 e. The Labute approximate surface area is 165 Å². The molecule has 142 valence electrons. The van der Waals surface area contributed by atoms with Gasteiger partial charge in [-0.25, -0.2) is 4.98 Å². The maximum absolute atomic E-state index is 13.0. The van der Waals surface area contributed by atoms with Crippen molar-refractivity contribution in [3.05, 3.63) is 75.5 Å². The van der Waals surface area contributed by atoms with Gasteiger partial charge in [-0.15, -0.1) is 11.3 Å². The number of rotatable bonds is 5. The molecule has 1 N–H and O–H groups in total. The highest BCUT2D eigenvalue weighted by Crippen LogP contribution is 2.31. The molecule has 4 rings (SSSR count). The van der Waals surface area contributed by atoms with Gasteiger partial charge in [0.2, 0.25) is 5.91 Å². The number of carbonyl (C=O) groups excluding carboxylic acids is 1. The molecule has 7 heteroatoms. The molecule has 0 bridgehead atoms. The molecule has 1 amide bonds. The van der Waals surface area contributed by atoms with Gasteiger partial charge in [-0.2, -0.15) is 0 Å². The van der Waals surface area contributed by atoms with Crippen LogP contribution in [0.1, 0.15) is 16.9 Å². The van der Waals surface area contributed by atoms with Crippen molar-refractivity contribution in [2.75, 3.05) is 0 Å². The van der Waals surface area contributed by atoms with Crippen LogP contribution in [0.4, 0.5) is 0 Å². The highest BCUT2D eigenvalue weighted by molar-refractivity contribution is 7.17. The van der Waals surface area contributed by atoms with Crippen LogP contribution in [-0.2, 0) is 17.9 Å². The number of nitrogens with one attached hydrogen (secondary N) is 1. The molecular weight excluding hydrogens is 374 g/mol. The largest absolute Gasteiger partial charge is 0.467 e. The summed E-state index contributed by atoms with van der Waals surface area (Å²) in [5.41, 5.74) is 3.98. The van der Waals surface area contributed by atoms with Crippen LogP contribution >= 0.6 is 11.3 Å². The minimum absolute atomic E-state index is 0.0926. The molecule has 3 aromatic heterocycles. The Balaban J connectivity index is 1.63. The second-order valence-electron chi connectivity index (χ2n) is 6.66. The molecule has 0 atom stereocenters. The third kappa shape index (κ3) is 3.48. The summed E-state index contributed by atoms with van der Waals surface area (Å²) in [7, 11) is 0. The standard InChI is InChI=1S/C21H19N3O3S/c1-13-5-6-15(8-14(13)2)17-11-28-20-19(17)21(26)24(12-23-20)10-18(25)22-9-16-4-3-7-27-16/h3-8,11-12H,9-10H2,1-2H3,(H,22,25). The number of benzene rings is 1. The summed E-state index contributed by atoms with van der Waals surface area (Å²) in [6, 6.07) is 9.67. The van der Waals surface area contributed by atoms with Gasteiger partial charge in [-0.3, -0.25) is 14.2 Å². The Morgan fingerprint density at radius 2 is 2.11 bits per heavy atom. The number of fused-ring (bicyclic) bond motifs is 1. The van der Waals surface area contributed by atoms with Gasteiger partial charge >= 0.3 is 0 Å². The lowest BCUT2D eigenvalue weighted by atomic mass is 10.0. The number of furan rings is 1. The molecule has 0 radical (unpaired) electrons. The number of amides is 1. The molecule has 0 unspecified atom stereocenters. The predicted molar refractivity (Wildman–Crippen MR) is 109 cm³/mol. The first-order valence-electron chi connectivity index (χ1n) is 8.86. The highest BCUT2D eigenvalue weighted by atomic mass is 32.1. The van der Waals surface area contributed by atoms with Crippen molar-refractivity contribution in [1.29, 1.82) is 0 Å². The predicted octanol–water partition coefficient (Wildman–Crippen LogP) is 3.65. The summed E-state index contributed by atoms with van der Waals surface area (Å²) in [5, 5.41) is 5.24. The second-order valence-corrected chi connectivity index (χ2v) is 7.52. The number of aromatic nitrogens is 2. The second kappa shape index (κ2) is 7.44. The van der Waals surface area contributed by atoms with Crippen LogP contribution in [0.3, 0.4) is 0 Å². The average molecular weight is 393 g/mol. The maximum atomic E-state index is 13.0. The summed E-state index contributed by atoms with van der Waals surface area (Å²) in [6.07, 6.45) is 2.98. The first-order valence-corrected chi connectivity index (χ1v) is 9.74. The molecule has 1 aromatic carbocycles. The molecule has 6 nitrogen and oxygen atoms in total. The summed E-state index contributed by atoms with van der Waals surface area (Å²) in [4.78, 5) is 30.3. The zero-order valence-electron chi connectivity index (χ0n) is 15.6. The van der Waals surface area contributed by atoms with Gasteiger partial charge in [-0.05, 0) is 42.7 Å². The van der Waals surface area contributed by atoms with Gasteiger partial charge < -0.3 is 9.73 Å². The fourth-order valence-electron chi connectivity index (χ4n) is 3.01. The Morgan fingerprint density at radius 1 is 1.25 bits per heavy atom. The zero-order valence-corrected chi connectivity index (χ0v) is 16.4. The Morgan fingerprint density at radius 3 is 2.86 bits per heavy atom. The molecular formula is C21H19N3O3S. The van der Waals surface area contributed by atoms with Gasteiger partial charge in [-0.1, -0.05) is 18.2 Å². The van der Waals surface area contributed by atoms with E-state index >= 15 is 0 Å². The van der Waals surface area contributed by atoms with Crippen molar-refractivity contribution in [1.82, 2.24) is 14.9 Å². The maximum Gasteiger partial charge on any atom is 0.263 e. The van der Waals surface area contributed by atoms with E-state index in [1.165, 1.54) is 33.4 Å². The van der Waals surface area contributed by atoms with Gasteiger partial charge in [0.05, 0.1) is 24.5 Å². The normalized spacial score (nSPS) is 11.1. The Bertz CT molecular complexity index is 1210. The molecule has 28 heavy (non-hydrogen) atoms. The number of thiophene rings is 1. The number of aryl methyl sites for hydroxylation is 2. The van der Waals surface area contributed by atoms with Gasteiger partial charge in [0.25, 0.3) is 5.56 Å². The quantitative estimate of drug-likeness (QED) is 0.561. The van der Waals surface area contributed by atoms with E-state index in [-0.39, 0.29) is 24.6 Å². The summed E-state index contributed by atoms with van der Waals surface area (Å²) >= 11 is 1.43. The van der Waals surface area contributed by atoms with Crippen LogP contribution in [-0.4, -0.2) is 15.5 Å². The van der Waals surface area contributed by atoms with Crippen molar-refractivity contribution >= 4 is 27.5 Å². The van der Waals surface area contributed by atoms with Crippen LogP contribution in [0, 0.1) is 13.8 Å². The van der Waals surface area contributed by atoms with E-state index in [0.29, 0.717) is 16.0 Å². The van der Waals surface area contributed by atoms with Crippen LogP contribution in [0.2, 0.25) is 0 Å². The lowest BCUT2D eigenvalue weighted by molar-refractivity contribution is -0.122. The Hall–Kier alpha value is -3.19. The fourth-order valence-corrected chi connectivity index (χ4v) is 3.92. The van der Waals surface area contributed by atoms with Crippen molar-refractivity contribution in [3.8, 4) is 11.1 Å². The minimum atomic E-state index is -0.275. The molecule has 4 aromatic rings.